The molecule has 0 bridgehead atoms. The third-order valence-corrected chi connectivity index (χ3v) is 7.97. The summed E-state index contributed by atoms with van der Waals surface area (Å²) in [6, 6.07) is 23.5. The molecule has 0 heterocycles. The van der Waals surface area contributed by atoms with Crippen LogP contribution in [0.1, 0.15) is 40.2 Å². The highest BCUT2D eigenvalue weighted by molar-refractivity contribution is 7.92. The van der Waals surface area contributed by atoms with Crippen LogP contribution in [0.3, 0.4) is 0 Å². The van der Waals surface area contributed by atoms with Gasteiger partial charge in [-0.25, -0.2) is 8.42 Å². The van der Waals surface area contributed by atoms with E-state index < -0.39 is 34.1 Å². The van der Waals surface area contributed by atoms with Crippen molar-refractivity contribution in [3.63, 3.8) is 0 Å². The molecule has 0 aliphatic rings. The minimum absolute atomic E-state index is 0.0449. The van der Waals surface area contributed by atoms with Crippen LogP contribution in [0, 0.1) is 0 Å². The van der Waals surface area contributed by atoms with Gasteiger partial charge in [0.25, 0.3) is 10.0 Å². The Labute approximate surface area is 238 Å². The van der Waals surface area contributed by atoms with E-state index in [1.807, 2.05) is 51.1 Å². The Balaban J connectivity index is 2.02. The number of ether oxygens (including phenoxy) is 1. The van der Waals surface area contributed by atoms with Gasteiger partial charge in [-0.3, -0.25) is 13.9 Å². The number of para-hydroxylation sites is 2. The maximum absolute atomic E-state index is 14.0. The molecule has 3 aromatic rings. The molecular formula is C31H39N3O5S. The highest BCUT2D eigenvalue weighted by Crippen LogP contribution is 2.32. The van der Waals surface area contributed by atoms with Gasteiger partial charge < -0.3 is 15.0 Å². The largest absolute Gasteiger partial charge is 0.492 e. The summed E-state index contributed by atoms with van der Waals surface area (Å²) in [6.07, 6.45) is 0.501. The molecule has 3 aromatic carbocycles. The van der Waals surface area contributed by atoms with Crippen LogP contribution in [0.15, 0.2) is 89.8 Å². The number of nitrogens with one attached hydrogen (secondary N) is 1. The van der Waals surface area contributed by atoms with Gasteiger partial charge in [0.2, 0.25) is 11.8 Å². The van der Waals surface area contributed by atoms with Crippen molar-refractivity contribution in [1.29, 1.82) is 0 Å². The topological polar surface area (TPSA) is 96.0 Å². The molecule has 0 aliphatic carbocycles. The van der Waals surface area contributed by atoms with Crippen molar-refractivity contribution in [3.05, 3.63) is 90.5 Å². The summed E-state index contributed by atoms with van der Waals surface area (Å²) in [6.45, 7) is 9.10. The zero-order valence-corrected chi connectivity index (χ0v) is 24.6. The lowest BCUT2D eigenvalue weighted by Gasteiger charge is -2.33. The number of sulfonamides is 1. The number of benzene rings is 3. The second kappa shape index (κ2) is 13.5. The predicted molar refractivity (Wildman–Crippen MR) is 158 cm³/mol. The Morgan fingerprint density at radius 2 is 1.48 bits per heavy atom. The van der Waals surface area contributed by atoms with E-state index in [0.29, 0.717) is 18.8 Å². The summed E-state index contributed by atoms with van der Waals surface area (Å²) in [5.74, 6) is -0.481. The van der Waals surface area contributed by atoms with Gasteiger partial charge >= 0.3 is 0 Å². The first-order chi connectivity index (χ1) is 18.9. The van der Waals surface area contributed by atoms with Crippen LogP contribution in [0.25, 0.3) is 0 Å². The maximum atomic E-state index is 14.0. The molecule has 1 N–H and O–H groups in total. The monoisotopic (exact) mass is 565 g/mol. The highest BCUT2D eigenvalue weighted by atomic mass is 32.2. The number of carbonyl (C=O) groups is 2. The molecule has 214 valence electrons. The third kappa shape index (κ3) is 8.08. The van der Waals surface area contributed by atoms with Gasteiger partial charge in [0.1, 0.15) is 18.3 Å². The Kier molecular flexibility index (Phi) is 10.3. The highest BCUT2D eigenvalue weighted by Gasteiger charge is 2.34. The summed E-state index contributed by atoms with van der Waals surface area (Å²) >= 11 is 0. The molecule has 0 saturated carbocycles. The lowest BCUT2D eigenvalue weighted by Crippen LogP contribution is -2.55. The van der Waals surface area contributed by atoms with Crippen LogP contribution in [0.4, 0.5) is 5.69 Å². The molecule has 0 unspecified atom stereocenters. The van der Waals surface area contributed by atoms with Crippen molar-refractivity contribution in [2.24, 2.45) is 0 Å². The van der Waals surface area contributed by atoms with Gasteiger partial charge in [-0.2, -0.15) is 0 Å². The lowest BCUT2D eigenvalue weighted by atomic mass is 10.1. The molecule has 0 aromatic heterocycles. The Hall–Kier alpha value is -3.85. The zero-order valence-electron chi connectivity index (χ0n) is 23.8. The molecule has 2 amide bonds. The van der Waals surface area contributed by atoms with Gasteiger partial charge in [-0.15, -0.1) is 0 Å². The fraction of sp³-hybridized carbons (Fsp3) is 0.355. The number of nitrogens with zero attached hydrogens (tertiary/aromatic N) is 2. The number of hydrogen-bond donors (Lipinski definition) is 1. The first-order valence-corrected chi connectivity index (χ1v) is 14.8. The quantitative estimate of drug-likeness (QED) is 0.345. The minimum Gasteiger partial charge on any atom is -0.492 e. The molecule has 8 nitrogen and oxygen atoms in total. The van der Waals surface area contributed by atoms with Crippen LogP contribution in [-0.2, 0) is 26.0 Å². The standard InChI is InChI=1S/C31H39N3O5S/c1-6-39-28-20-14-13-19-27(28)34(40(37,38)26-17-11-8-12-18-26)23-29(35)33(22-21-25-15-9-7-10-16-25)24(2)30(36)32-31(3,4)5/h7-20,24H,6,21-23H2,1-5H3,(H,32,36)/t24-/m1/s1. The van der Waals surface area contributed by atoms with E-state index >= 15 is 0 Å². The number of carbonyl (C=O) groups excluding carboxylic acids is 2. The number of anilines is 1. The van der Waals surface area contributed by atoms with E-state index in [2.05, 4.69) is 5.32 Å². The van der Waals surface area contributed by atoms with Crippen molar-refractivity contribution in [2.75, 3.05) is 24.0 Å². The predicted octanol–water partition coefficient (Wildman–Crippen LogP) is 4.66. The summed E-state index contributed by atoms with van der Waals surface area (Å²) in [5, 5.41) is 2.93. The first-order valence-electron chi connectivity index (χ1n) is 13.4. The molecule has 40 heavy (non-hydrogen) atoms. The van der Waals surface area contributed by atoms with Crippen molar-refractivity contribution in [2.45, 2.75) is 57.5 Å². The molecule has 0 spiro atoms. The smallest absolute Gasteiger partial charge is 0.264 e. The molecular weight excluding hydrogens is 526 g/mol. The average Bonchev–Trinajstić information content (AvgIpc) is 2.92. The molecule has 1 atom stereocenters. The number of rotatable bonds is 12. The fourth-order valence-electron chi connectivity index (χ4n) is 4.22. The summed E-state index contributed by atoms with van der Waals surface area (Å²) in [4.78, 5) is 28.7. The summed E-state index contributed by atoms with van der Waals surface area (Å²) < 4.78 is 34.7. The molecule has 0 radical (unpaired) electrons. The van der Waals surface area contributed by atoms with Gasteiger partial charge in [-0.05, 0) is 70.9 Å². The molecule has 9 heteroatoms. The first kappa shape index (κ1) is 30.7. The van der Waals surface area contributed by atoms with Crippen LogP contribution in [0.5, 0.6) is 5.75 Å². The van der Waals surface area contributed by atoms with E-state index in [1.54, 1.807) is 56.3 Å². The van der Waals surface area contributed by atoms with Crippen molar-refractivity contribution in [1.82, 2.24) is 10.2 Å². The lowest BCUT2D eigenvalue weighted by molar-refractivity contribution is -0.139. The minimum atomic E-state index is -4.16. The molecule has 0 aliphatic heterocycles. The number of hydrogen-bond acceptors (Lipinski definition) is 5. The van der Waals surface area contributed by atoms with E-state index in [-0.39, 0.29) is 23.0 Å². The van der Waals surface area contributed by atoms with E-state index in [4.69, 9.17) is 4.74 Å². The zero-order chi connectivity index (χ0) is 29.3. The second-order valence-corrected chi connectivity index (χ2v) is 12.3. The van der Waals surface area contributed by atoms with E-state index in [9.17, 15) is 18.0 Å². The van der Waals surface area contributed by atoms with Crippen LogP contribution >= 0.6 is 0 Å². The molecule has 0 fully saturated rings. The Morgan fingerprint density at radius 3 is 2.08 bits per heavy atom. The van der Waals surface area contributed by atoms with E-state index in [0.717, 1.165) is 9.87 Å². The van der Waals surface area contributed by atoms with Gasteiger partial charge in [0.05, 0.1) is 17.2 Å². The molecule has 0 saturated heterocycles. The third-order valence-electron chi connectivity index (χ3n) is 6.19. The van der Waals surface area contributed by atoms with Gasteiger partial charge in [-0.1, -0.05) is 60.7 Å². The van der Waals surface area contributed by atoms with Gasteiger partial charge in [0, 0.05) is 12.1 Å². The Morgan fingerprint density at radius 1 is 0.900 bits per heavy atom. The molecule has 3 rings (SSSR count). The maximum Gasteiger partial charge on any atom is 0.264 e. The van der Waals surface area contributed by atoms with E-state index in [1.165, 1.54) is 17.0 Å². The second-order valence-electron chi connectivity index (χ2n) is 10.5. The average molecular weight is 566 g/mol. The van der Waals surface area contributed by atoms with Crippen LogP contribution in [0.2, 0.25) is 0 Å². The van der Waals surface area contributed by atoms with Crippen molar-refractivity contribution >= 4 is 27.5 Å². The SMILES string of the molecule is CCOc1ccccc1N(CC(=O)N(CCc1ccccc1)[C@H](C)C(=O)NC(C)(C)C)S(=O)(=O)c1ccccc1. The number of amides is 2. The normalized spacial score (nSPS) is 12.3. The summed E-state index contributed by atoms with van der Waals surface area (Å²) in [5.41, 5.74) is 0.744. The van der Waals surface area contributed by atoms with Crippen molar-refractivity contribution in [3.8, 4) is 5.75 Å². The van der Waals surface area contributed by atoms with Gasteiger partial charge in [0.15, 0.2) is 0 Å². The Bertz CT molecular complexity index is 1370. The van der Waals surface area contributed by atoms with Crippen LogP contribution in [-0.4, -0.2) is 56.4 Å². The fourth-order valence-corrected chi connectivity index (χ4v) is 5.66. The summed E-state index contributed by atoms with van der Waals surface area (Å²) in [7, 11) is -4.16. The van der Waals surface area contributed by atoms with Crippen LogP contribution < -0.4 is 14.4 Å². The van der Waals surface area contributed by atoms with Crippen molar-refractivity contribution < 1.29 is 22.7 Å².